The SMILES string of the molecule is Cc1ccccc1CN(C)C(=O)COC(=O)c1ccc([N+](=O)[O-])cc1. The van der Waals surface area contributed by atoms with Crippen molar-refractivity contribution >= 4 is 17.6 Å². The second kappa shape index (κ2) is 8.05. The second-order valence-electron chi connectivity index (χ2n) is 5.56. The quantitative estimate of drug-likeness (QED) is 0.457. The van der Waals surface area contributed by atoms with Crippen LogP contribution in [0.3, 0.4) is 0 Å². The first-order valence-electron chi connectivity index (χ1n) is 7.58. The molecule has 0 radical (unpaired) electrons. The molecule has 25 heavy (non-hydrogen) atoms. The first-order valence-corrected chi connectivity index (χ1v) is 7.58. The number of rotatable bonds is 6. The Bertz CT molecular complexity index is 786. The number of hydrogen-bond donors (Lipinski definition) is 0. The summed E-state index contributed by atoms with van der Waals surface area (Å²) in [6.07, 6.45) is 0. The molecule has 0 N–H and O–H groups in total. The molecule has 0 heterocycles. The molecule has 0 aliphatic rings. The van der Waals surface area contributed by atoms with Gasteiger partial charge in [-0.2, -0.15) is 0 Å². The lowest BCUT2D eigenvalue weighted by molar-refractivity contribution is -0.384. The minimum atomic E-state index is -0.701. The Labute approximate surface area is 145 Å². The van der Waals surface area contributed by atoms with E-state index in [0.29, 0.717) is 6.54 Å². The maximum absolute atomic E-state index is 12.1. The van der Waals surface area contributed by atoms with Crippen LogP contribution in [0.25, 0.3) is 0 Å². The van der Waals surface area contributed by atoms with E-state index < -0.39 is 17.5 Å². The van der Waals surface area contributed by atoms with Crippen LogP contribution >= 0.6 is 0 Å². The monoisotopic (exact) mass is 342 g/mol. The van der Waals surface area contributed by atoms with Crippen LogP contribution in [0.5, 0.6) is 0 Å². The molecule has 0 fully saturated rings. The summed E-state index contributed by atoms with van der Waals surface area (Å²) in [6.45, 7) is 1.99. The highest BCUT2D eigenvalue weighted by molar-refractivity contribution is 5.91. The van der Waals surface area contributed by atoms with E-state index in [-0.39, 0.29) is 17.2 Å². The number of carbonyl (C=O) groups excluding carboxylic acids is 2. The topological polar surface area (TPSA) is 89.8 Å². The van der Waals surface area contributed by atoms with Crippen molar-refractivity contribution in [1.29, 1.82) is 0 Å². The number of hydrogen-bond acceptors (Lipinski definition) is 5. The largest absolute Gasteiger partial charge is 0.452 e. The van der Waals surface area contributed by atoms with Gasteiger partial charge < -0.3 is 9.64 Å². The number of amides is 1. The third kappa shape index (κ3) is 4.87. The molecular formula is C18H18N2O5. The fourth-order valence-corrected chi connectivity index (χ4v) is 2.17. The predicted octanol–water partition coefficient (Wildman–Crippen LogP) is 2.72. The molecule has 0 aliphatic heterocycles. The van der Waals surface area contributed by atoms with E-state index in [1.807, 2.05) is 31.2 Å². The van der Waals surface area contributed by atoms with Gasteiger partial charge in [0.05, 0.1) is 10.5 Å². The minimum absolute atomic E-state index is 0.120. The molecule has 2 aromatic carbocycles. The Morgan fingerprint density at radius 1 is 1.12 bits per heavy atom. The number of nitro benzene ring substituents is 1. The van der Waals surface area contributed by atoms with Crippen molar-refractivity contribution in [1.82, 2.24) is 4.90 Å². The van der Waals surface area contributed by atoms with E-state index in [9.17, 15) is 19.7 Å². The van der Waals surface area contributed by atoms with Crippen molar-refractivity contribution < 1.29 is 19.2 Å². The van der Waals surface area contributed by atoms with Crippen molar-refractivity contribution in [2.45, 2.75) is 13.5 Å². The van der Waals surface area contributed by atoms with Gasteiger partial charge in [-0.25, -0.2) is 4.79 Å². The van der Waals surface area contributed by atoms with Crippen molar-refractivity contribution in [3.05, 3.63) is 75.3 Å². The lowest BCUT2D eigenvalue weighted by Gasteiger charge is -2.18. The summed E-state index contributed by atoms with van der Waals surface area (Å²) in [5, 5.41) is 10.6. The molecule has 0 aromatic heterocycles. The van der Waals surface area contributed by atoms with E-state index in [0.717, 1.165) is 11.1 Å². The lowest BCUT2D eigenvalue weighted by atomic mass is 10.1. The first kappa shape index (κ1) is 18.1. The summed E-state index contributed by atoms with van der Waals surface area (Å²) in [7, 11) is 1.63. The summed E-state index contributed by atoms with van der Waals surface area (Å²) >= 11 is 0. The number of likely N-dealkylation sites (N-methyl/N-ethyl adjacent to an activating group) is 1. The molecule has 2 rings (SSSR count). The van der Waals surface area contributed by atoms with Gasteiger partial charge in [0.2, 0.25) is 0 Å². The van der Waals surface area contributed by atoms with Crippen LogP contribution in [0.1, 0.15) is 21.5 Å². The Morgan fingerprint density at radius 2 is 1.76 bits per heavy atom. The maximum atomic E-state index is 12.1. The maximum Gasteiger partial charge on any atom is 0.338 e. The van der Waals surface area contributed by atoms with Crippen LogP contribution in [-0.4, -0.2) is 35.4 Å². The van der Waals surface area contributed by atoms with E-state index in [4.69, 9.17) is 4.74 Å². The van der Waals surface area contributed by atoms with Gasteiger partial charge in [0, 0.05) is 25.7 Å². The summed E-state index contributed by atoms with van der Waals surface area (Å²) < 4.78 is 4.98. The molecule has 0 aliphatic carbocycles. The summed E-state index contributed by atoms with van der Waals surface area (Å²) in [5.74, 6) is -1.04. The smallest absolute Gasteiger partial charge is 0.338 e. The molecule has 7 nitrogen and oxygen atoms in total. The molecule has 2 aromatic rings. The standard InChI is InChI=1S/C18H18N2O5/c1-13-5-3-4-6-15(13)11-19(2)17(21)12-25-18(22)14-7-9-16(10-8-14)20(23)24/h3-10H,11-12H2,1-2H3. The first-order chi connectivity index (χ1) is 11.9. The van der Waals surface area contributed by atoms with Crippen molar-refractivity contribution in [2.75, 3.05) is 13.7 Å². The molecule has 0 bridgehead atoms. The van der Waals surface area contributed by atoms with E-state index in [2.05, 4.69) is 0 Å². The van der Waals surface area contributed by atoms with Gasteiger partial charge in [0.1, 0.15) is 0 Å². The molecule has 0 atom stereocenters. The summed E-state index contributed by atoms with van der Waals surface area (Å²) in [4.78, 5) is 35.5. The highest BCUT2D eigenvalue weighted by atomic mass is 16.6. The second-order valence-corrected chi connectivity index (χ2v) is 5.56. The van der Waals surface area contributed by atoms with E-state index >= 15 is 0 Å². The number of benzene rings is 2. The van der Waals surface area contributed by atoms with Gasteiger partial charge in [0.25, 0.3) is 11.6 Å². The van der Waals surface area contributed by atoms with Gasteiger partial charge in [0.15, 0.2) is 6.61 Å². The lowest BCUT2D eigenvalue weighted by Crippen LogP contribution is -2.31. The Morgan fingerprint density at radius 3 is 2.36 bits per heavy atom. The third-order valence-electron chi connectivity index (χ3n) is 3.74. The van der Waals surface area contributed by atoms with Crippen LogP contribution in [-0.2, 0) is 16.1 Å². The van der Waals surface area contributed by atoms with Gasteiger partial charge in [-0.05, 0) is 30.2 Å². The highest BCUT2D eigenvalue weighted by Crippen LogP contribution is 2.13. The third-order valence-corrected chi connectivity index (χ3v) is 3.74. The Hall–Kier alpha value is -3.22. The zero-order chi connectivity index (χ0) is 18.4. The average molecular weight is 342 g/mol. The summed E-state index contributed by atoms with van der Waals surface area (Å²) in [5.41, 5.74) is 2.12. The fourth-order valence-electron chi connectivity index (χ4n) is 2.17. The van der Waals surface area contributed by atoms with Gasteiger partial charge >= 0.3 is 5.97 Å². The Kier molecular flexibility index (Phi) is 5.84. The molecule has 0 spiro atoms. The molecule has 7 heteroatoms. The predicted molar refractivity (Wildman–Crippen MR) is 91.0 cm³/mol. The van der Waals surface area contributed by atoms with Crippen LogP contribution in [0.15, 0.2) is 48.5 Å². The van der Waals surface area contributed by atoms with E-state index in [1.165, 1.54) is 29.2 Å². The molecule has 130 valence electrons. The number of aryl methyl sites for hydroxylation is 1. The van der Waals surface area contributed by atoms with Crippen molar-refractivity contribution in [3.8, 4) is 0 Å². The Balaban J connectivity index is 1.89. The van der Waals surface area contributed by atoms with Crippen molar-refractivity contribution in [2.24, 2.45) is 0 Å². The van der Waals surface area contributed by atoms with Crippen LogP contribution < -0.4 is 0 Å². The van der Waals surface area contributed by atoms with Gasteiger partial charge in [-0.1, -0.05) is 24.3 Å². The zero-order valence-corrected chi connectivity index (χ0v) is 14.0. The van der Waals surface area contributed by atoms with Gasteiger partial charge in [-0.3, -0.25) is 14.9 Å². The number of esters is 1. The molecule has 0 unspecified atom stereocenters. The summed E-state index contributed by atoms with van der Waals surface area (Å²) in [6, 6.07) is 12.7. The van der Waals surface area contributed by atoms with Crippen LogP contribution in [0, 0.1) is 17.0 Å². The van der Waals surface area contributed by atoms with Gasteiger partial charge in [-0.15, -0.1) is 0 Å². The highest BCUT2D eigenvalue weighted by Gasteiger charge is 2.15. The number of carbonyl (C=O) groups is 2. The zero-order valence-electron chi connectivity index (χ0n) is 14.0. The number of nitrogens with zero attached hydrogens (tertiary/aromatic N) is 2. The fraction of sp³-hybridized carbons (Fsp3) is 0.222. The minimum Gasteiger partial charge on any atom is -0.452 e. The van der Waals surface area contributed by atoms with Crippen LogP contribution in [0.4, 0.5) is 5.69 Å². The molecular weight excluding hydrogens is 324 g/mol. The van der Waals surface area contributed by atoms with Crippen LogP contribution in [0.2, 0.25) is 0 Å². The molecule has 0 saturated carbocycles. The number of ether oxygens (including phenoxy) is 1. The molecule has 1 amide bonds. The average Bonchev–Trinajstić information content (AvgIpc) is 2.61. The molecule has 0 saturated heterocycles. The van der Waals surface area contributed by atoms with E-state index in [1.54, 1.807) is 7.05 Å². The normalized spacial score (nSPS) is 10.2. The van der Waals surface area contributed by atoms with Crippen molar-refractivity contribution in [3.63, 3.8) is 0 Å². The number of nitro groups is 1. The number of non-ortho nitro benzene ring substituents is 1.